The Morgan fingerprint density at radius 1 is 1.70 bits per heavy atom. The fourth-order valence-electron chi connectivity index (χ4n) is 1.04. The van der Waals surface area contributed by atoms with Crippen LogP contribution < -0.4 is 0 Å². The molecule has 0 N–H and O–H groups in total. The zero-order chi connectivity index (χ0) is 6.97. The molecule has 1 aromatic heterocycles. The van der Waals surface area contributed by atoms with E-state index in [2.05, 4.69) is 25.5 Å². The SMILES string of the molecule is Brc1cn2c(n1)SCCC2. The van der Waals surface area contributed by atoms with E-state index in [1.165, 1.54) is 12.2 Å². The van der Waals surface area contributed by atoms with E-state index >= 15 is 0 Å². The molecule has 2 heterocycles. The van der Waals surface area contributed by atoms with E-state index in [1.807, 2.05) is 18.0 Å². The molecule has 0 saturated heterocycles. The van der Waals surface area contributed by atoms with Crippen molar-refractivity contribution in [3.8, 4) is 0 Å². The Kier molecular flexibility index (Phi) is 1.74. The monoisotopic (exact) mass is 218 g/mol. The Morgan fingerprint density at radius 2 is 2.60 bits per heavy atom. The second-order valence-corrected chi connectivity index (χ2v) is 4.12. The smallest absolute Gasteiger partial charge is 0.169 e. The molecule has 0 spiro atoms. The summed E-state index contributed by atoms with van der Waals surface area (Å²) in [5.41, 5.74) is 0. The maximum Gasteiger partial charge on any atom is 0.169 e. The first-order valence-corrected chi connectivity index (χ1v) is 4.99. The molecule has 0 amide bonds. The molecule has 2 nitrogen and oxygen atoms in total. The first-order valence-electron chi connectivity index (χ1n) is 3.22. The Morgan fingerprint density at radius 3 is 3.40 bits per heavy atom. The van der Waals surface area contributed by atoms with Gasteiger partial charge in [0.05, 0.1) is 0 Å². The lowest BCUT2D eigenvalue weighted by molar-refractivity contribution is 0.607. The third-order valence-corrected chi connectivity index (χ3v) is 2.94. The van der Waals surface area contributed by atoms with Gasteiger partial charge in [-0.2, -0.15) is 0 Å². The van der Waals surface area contributed by atoms with Gasteiger partial charge in [-0.25, -0.2) is 4.98 Å². The lowest BCUT2D eigenvalue weighted by Gasteiger charge is -2.11. The fraction of sp³-hybridized carbons (Fsp3) is 0.500. The summed E-state index contributed by atoms with van der Waals surface area (Å²) in [6.45, 7) is 1.13. The van der Waals surface area contributed by atoms with Crippen LogP contribution in [0.25, 0.3) is 0 Å². The normalized spacial score (nSPS) is 16.9. The molecule has 0 aromatic carbocycles. The topological polar surface area (TPSA) is 17.8 Å². The average molecular weight is 219 g/mol. The van der Waals surface area contributed by atoms with Gasteiger partial charge in [0.15, 0.2) is 5.16 Å². The van der Waals surface area contributed by atoms with Gasteiger partial charge in [-0.1, -0.05) is 11.8 Å². The zero-order valence-electron chi connectivity index (χ0n) is 5.38. The van der Waals surface area contributed by atoms with Gasteiger partial charge in [-0.3, -0.25) is 0 Å². The molecule has 1 aliphatic rings. The van der Waals surface area contributed by atoms with Gasteiger partial charge in [0.1, 0.15) is 4.60 Å². The van der Waals surface area contributed by atoms with E-state index < -0.39 is 0 Å². The number of aromatic nitrogens is 2. The Bertz CT molecular complexity index is 222. The van der Waals surface area contributed by atoms with Crippen molar-refractivity contribution < 1.29 is 0 Å². The Balaban J connectivity index is 2.41. The molecule has 4 heteroatoms. The number of nitrogens with zero attached hydrogens (tertiary/aromatic N) is 2. The quantitative estimate of drug-likeness (QED) is 0.665. The third kappa shape index (κ3) is 1.10. The first kappa shape index (κ1) is 6.73. The van der Waals surface area contributed by atoms with Crippen molar-refractivity contribution in [3.63, 3.8) is 0 Å². The van der Waals surface area contributed by atoms with Crippen LogP contribution in [0.3, 0.4) is 0 Å². The van der Waals surface area contributed by atoms with Gasteiger partial charge >= 0.3 is 0 Å². The van der Waals surface area contributed by atoms with Crippen molar-refractivity contribution in [3.05, 3.63) is 10.8 Å². The molecule has 2 rings (SSSR count). The number of hydrogen-bond acceptors (Lipinski definition) is 2. The predicted molar refractivity (Wildman–Crippen MR) is 45.3 cm³/mol. The summed E-state index contributed by atoms with van der Waals surface area (Å²) in [5.74, 6) is 1.21. The minimum atomic E-state index is 0.955. The molecular weight excluding hydrogens is 212 g/mol. The highest BCUT2D eigenvalue weighted by Crippen LogP contribution is 2.25. The Hall–Kier alpha value is 0.0400. The van der Waals surface area contributed by atoms with Crippen molar-refractivity contribution in [1.29, 1.82) is 0 Å². The minimum absolute atomic E-state index is 0.955. The maximum atomic E-state index is 4.29. The first-order chi connectivity index (χ1) is 4.86. The summed E-state index contributed by atoms with van der Waals surface area (Å²) in [6.07, 6.45) is 3.31. The molecule has 0 unspecified atom stereocenters. The number of thioether (sulfide) groups is 1. The van der Waals surface area contributed by atoms with Crippen molar-refractivity contribution in [2.75, 3.05) is 5.75 Å². The molecule has 0 fully saturated rings. The molecule has 0 aliphatic carbocycles. The zero-order valence-corrected chi connectivity index (χ0v) is 7.78. The molecule has 54 valence electrons. The van der Waals surface area contributed by atoms with Crippen LogP contribution in [0.15, 0.2) is 16.0 Å². The number of halogens is 1. The highest BCUT2D eigenvalue weighted by Gasteiger charge is 2.10. The van der Waals surface area contributed by atoms with Gasteiger partial charge in [-0.05, 0) is 22.4 Å². The number of aryl methyl sites for hydroxylation is 1. The Labute approximate surface area is 72.1 Å². The van der Waals surface area contributed by atoms with Crippen LogP contribution in [0.1, 0.15) is 6.42 Å². The van der Waals surface area contributed by atoms with E-state index in [9.17, 15) is 0 Å². The second-order valence-electron chi connectivity index (χ2n) is 2.24. The molecule has 1 aromatic rings. The van der Waals surface area contributed by atoms with E-state index in [-0.39, 0.29) is 0 Å². The van der Waals surface area contributed by atoms with Crippen LogP contribution in [0.2, 0.25) is 0 Å². The van der Waals surface area contributed by atoms with Crippen molar-refractivity contribution in [2.24, 2.45) is 0 Å². The fourth-order valence-corrected chi connectivity index (χ4v) is 2.50. The van der Waals surface area contributed by atoms with Crippen LogP contribution in [0.4, 0.5) is 0 Å². The van der Waals surface area contributed by atoms with E-state index in [0.717, 1.165) is 16.3 Å². The minimum Gasteiger partial charge on any atom is -0.325 e. The number of hydrogen-bond donors (Lipinski definition) is 0. The lowest BCUT2D eigenvalue weighted by Crippen LogP contribution is -2.05. The average Bonchev–Trinajstić information content (AvgIpc) is 2.27. The highest BCUT2D eigenvalue weighted by atomic mass is 79.9. The molecular formula is C6H7BrN2S. The van der Waals surface area contributed by atoms with Crippen LogP contribution in [0, 0.1) is 0 Å². The molecule has 1 aliphatic heterocycles. The molecule has 0 atom stereocenters. The standard InChI is InChI=1S/C6H7BrN2S/c7-5-4-9-2-1-3-10-6(9)8-5/h4H,1-3H2. The van der Waals surface area contributed by atoms with E-state index in [4.69, 9.17) is 0 Å². The van der Waals surface area contributed by atoms with Gasteiger partial charge in [0.2, 0.25) is 0 Å². The summed E-state index contributed by atoms with van der Waals surface area (Å²) in [6, 6.07) is 0. The van der Waals surface area contributed by atoms with Gasteiger partial charge in [0.25, 0.3) is 0 Å². The van der Waals surface area contributed by atoms with E-state index in [0.29, 0.717) is 0 Å². The van der Waals surface area contributed by atoms with Crippen molar-refractivity contribution in [2.45, 2.75) is 18.1 Å². The van der Waals surface area contributed by atoms with Gasteiger partial charge in [-0.15, -0.1) is 0 Å². The molecule has 10 heavy (non-hydrogen) atoms. The van der Waals surface area contributed by atoms with Crippen LogP contribution in [-0.4, -0.2) is 15.3 Å². The van der Waals surface area contributed by atoms with Crippen molar-refractivity contribution >= 4 is 27.7 Å². The van der Waals surface area contributed by atoms with E-state index in [1.54, 1.807) is 0 Å². The maximum absolute atomic E-state index is 4.29. The summed E-state index contributed by atoms with van der Waals surface area (Å²) >= 11 is 5.18. The molecule has 0 radical (unpaired) electrons. The molecule has 0 saturated carbocycles. The third-order valence-electron chi connectivity index (χ3n) is 1.49. The van der Waals surface area contributed by atoms with Crippen LogP contribution in [-0.2, 0) is 6.54 Å². The van der Waals surface area contributed by atoms with Crippen molar-refractivity contribution in [1.82, 2.24) is 9.55 Å². The number of rotatable bonds is 0. The summed E-state index contributed by atoms with van der Waals surface area (Å²) in [4.78, 5) is 4.29. The van der Waals surface area contributed by atoms with Crippen LogP contribution in [0.5, 0.6) is 0 Å². The van der Waals surface area contributed by atoms with Crippen LogP contribution >= 0.6 is 27.7 Å². The molecule has 0 bridgehead atoms. The second kappa shape index (κ2) is 2.58. The summed E-state index contributed by atoms with van der Waals surface area (Å²) in [5, 5.41) is 1.15. The summed E-state index contributed by atoms with van der Waals surface area (Å²) in [7, 11) is 0. The predicted octanol–water partition coefficient (Wildman–Crippen LogP) is 2.14. The largest absolute Gasteiger partial charge is 0.325 e. The summed E-state index contributed by atoms with van der Waals surface area (Å²) < 4.78 is 3.15. The number of imidazole rings is 1. The van der Waals surface area contributed by atoms with Gasteiger partial charge in [0, 0.05) is 18.5 Å². The highest BCUT2D eigenvalue weighted by molar-refractivity contribution is 9.10. The van der Waals surface area contributed by atoms with Gasteiger partial charge < -0.3 is 4.57 Å². The lowest BCUT2D eigenvalue weighted by atomic mass is 10.5. The number of fused-ring (bicyclic) bond motifs is 1.